The summed E-state index contributed by atoms with van der Waals surface area (Å²) in [4.78, 5) is 58.0. The number of amides is 4. The predicted molar refractivity (Wildman–Crippen MR) is 160 cm³/mol. The van der Waals surface area contributed by atoms with E-state index in [4.69, 9.17) is 10.6 Å². The van der Waals surface area contributed by atoms with Gasteiger partial charge in [-0.1, -0.05) is 78.0 Å². The van der Waals surface area contributed by atoms with Crippen LogP contribution in [-0.4, -0.2) is 58.5 Å². The lowest BCUT2D eigenvalue weighted by atomic mass is 9.88. The Bertz CT molecular complexity index is 1540. The number of rotatable bonds is 8. The van der Waals surface area contributed by atoms with Gasteiger partial charge in [0.2, 0.25) is 23.6 Å². The van der Waals surface area contributed by atoms with Gasteiger partial charge in [0.1, 0.15) is 12.1 Å². The van der Waals surface area contributed by atoms with Gasteiger partial charge in [-0.05, 0) is 29.7 Å². The number of hydrogen-bond acceptors (Lipinski definition) is 6. The molecule has 2 saturated heterocycles. The Hall–Kier alpha value is -4.99. The summed E-state index contributed by atoms with van der Waals surface area (Å²) in [6.45, 7) is 0.181. The smallest absolute Gasteiger partial charge is 0.246 e. The van der Waals surface area contributed by atoms with E-state index in [0.29, 0.717) is 30.7 Å². The lowest BCUT2D eigenvalue weighted by Crippen LogP contribution is -2.44. The molecule has 3 atom stereocenters. The third-order valence-electron chi connectivity index (χ3n) is 8.45. The normalized spacial score (nSPS) is 22.8. The van der Waals surface area contributed by atoms with E-state index in [1.54, 1.807) is 23.1 Å². The maximum absolute atomic E-state index is 13.8. The minimum atomic E-state index is -0.882. The Balaban J connectivity index is 1.16. The second-order valence-electron chi connectivity index (χ2n) is 11.4. The van der Waals surface area contributed by atoms with E-state index in [2.05, 4.69) is 15.8 Å². The van der Waals surface area contributed by atoms with E-state index in [0.717, 1.165) is 16.7 Å². The first kappa shape index (κ1) is 28.1. The van der Waals surface area contributed by atoms with Crippen LogP contribution in [0.3, 0.4) is 0 Å². The second kappa shape index (κ2) is 11.7. The van der Waals surface area contributed by atoms with Crippen molar-refractivity contribution in [2.75, 3.05) is 11.9 Å². The van der Waals surface area contributed by atoms with E-state index in [1.807, 2.05) is 66.7 Å². The fourth-order valence-electron chi connectivity index (χ4n) is 6.24. The summed E-state index contributed by atoms with van der Waals surface area (Å²) in [7, 11) is 0. The number of hydrogen-bond donors (Lipinski definition) is 3. The zero-order valence-electron chi connectivity index (χ0n) is 23.6. The maximum atomic E-state index is 13.8. The number of benzene rings is 3. The van der Waals surface area contributed by atoms with Crippen LogP contribution in [0.2, 0.25) is 0 Å². The van der Waals surface area contributed by atoms with Crippen molar-refractivity contribution in [2.24, 2.45) is 10.9 Å². The van der Waals surface area contributed by atoms with E-state index in [-0.39, 0.29) is 43.0 Å². The summed E-state index contributed by atoms with van der Waals surface area (Å²) >= 11 is 0. The maximum Gasteiger partial charge on any atom is 0.246 e. The summed E-state index contributed by atoms with van der Waals surface area (Å²) in [6, 6.07) is 25.5. The van der Waals surface area contributed by atoms with Crippen LogP contribution in [0.5, 0.6) is 0 Å². The average molecular weight is 580 g/mol. The van der Waals surface area contributed by atoms with Gasteiger partial charge in [-0.15, -0.1) is 0 Å². The monoisotopic (exact) mass is 579 g/mol. The van der Waals surface area contributed by atoms with Gasteiger partial charge in [0.15, 0.2) is 5.60 Å². The topological polar surface area (TPSA) is 143 Å². The van der Waals surface area contributed by atoms with Crippen molar-refractivity contribution < 1.29 is 24.0 Å². The SMILES string of the molecule is NC(=O)[C@H]1CC2(CC(c3cccc(NC(=O)[C@H]4CCC(=O)N4)c3)=NO2)CN1C(=O)CC(c1ccccc1)c1ccccc1. The highest BCUT2D eigenvalue weighted by Gasteiger charge is 2.53. The van der Waals surface area contributed by atoms with E-state index < -0.39 is 23.6 Å². The molecule has 2 fully saturated rings. The predicted octanol–water partition coefficient (Wildman–Crippen LogP) is 3.08. The molecule has 43 heavy (non-hydrogen) atoms. The van der Waals surface area contributed by atoms with Crippen LogP contribution in [0.1, 0.15) is 54.7 Å². The van der Waals surface area contributed by atoms with Gasteiger partial charge in [-0.2, -0.15) is 0 Å². The molecule has 1 unspecified atom stereocenters. The van der Waals surface area contributed by atoms with Crippen LogP contribution in [0.15, 0.2) is 90.1 Å². The summed E-state index contributed by atoms with van der Waals surface area (Å²) in [5.41, 5.74) is 8.91. The fourth-order valence-corrected chi connectivity index (χ4v) is 6.24. The van der Waals surface area contributed by atoms with Gasteiger partial charge in [0.25, 0.3) is 0 Å². The molecule has 3 aliphatic rings. The van der Waals surface area contributed by atoms with Crippen LogP contribution >= 0.6 is 0 Å². The molecule has 4 N–H and O–H groups in total. The van der Waals surface area contributed by atoms with Crippen molar-refractivity contribution in [3.63, 3.8) is 0 Å². The minimum Gasteiger partial charge on any atom is -0.387 e. The molecule has 4 amide bonds. The number of likely N-dealkylation sites (tertiary alicyclic amines) is 1. The van der Waals surface area contributed by atoms with Gasteiger partial charge in [0, 0.05) is 42.9 Å². The molecule has 0 saturated carbocycles. The highest BCUT2D eigenvalue weighted by Crippen LogP contribution is 2.40. The van der Waals surface area contributed by atoms with Crippen molar-refractivity contribution in [3.8, 4) is 0 Å². The highest BCUT2D eigenvalue weighted by atomic mass is 16.7. The van der Waals surface area contributed by atoms with Crippen LogP contribution in [0, 0.1) is 0 Å². The van der Waals surface area contributed by atoms with Crippen LogP contribution in [0.25, 0.3) is 0 Å². The molecular weight excluding hydrogens is 546 g/mol. The first-order valence-electron chi connectivity index (χ1n) is 14.4. The van der Waals surface area contributed by atoms with Crippen molar-refractivity contribution in [1.82, 2.24) is 10.2 Å². The van der Waals surface area contributed by atoms with Crippen molar-refractivity contribution in [1.29, 1.82) is 0 Å². The third kappa shape index (κ3) is 5.99. The number of carbonyl (C=O) groups is 4. The molecule has 1 spiro atoms. The van der Waals surface area contributed by atoms with E-state index in [9.17, 15) is 19.2 Å². The summed E-state index contributed by atoms with van der Waals surface area (Å²) in [5, 5.41) is 9.87. The zero-order valence-corrected chi connectivity index (χ0v) is 23.6. The molecule has 220 valence electrons. The van der Waals surface area contributed by atoms with E-state index >= 15 is 0 Å². The number of nitrogens with two attached hydrogens (primary N) is 1. The van der Waals surface area contributed by atoms with Crippen molar-refractivity contribution in [3.05, 3.63) is 102 Å². The van der Waals surface area contributed by atoms with Gasteiger partial charge in [0.05, 0.1) is 12.3 Å². The van der Waals surface area contributed by atoms with Crippen LogP contribution < -0.4 is 16.4 Å². The molecule has 6 rings (SSSR count). The first-order valence-corrected chi connectivity index (χ1v) is 14.4. The molecule has 0 aliphatic carbocycles. The Labute approximate surface area is 249 Å². The first-order chi connectivity index (χ1) is 20.8. The number of primary amides is 1. The lowest BCUT2D eigenvalue weighted by molar-refractivity contribution is -0.137. The van der Waals surface area contributed by atoms with Gasteiger partial charge < -0.3 is 26.1 Å². The Morgan fingerprint density at radius 1 is 1.02 bits per heavy atom. The van der Waals surface area contributed by atoms with Crippen molar-refractivity contribution >= 4 is 35.0 Å². The molecule has 0 aromatic heterocycles. The molecule has 0 radical (unpaired) electrons. The van der Waals surface area contributed by atoms with Crippen LogP contribution in [0.4, 0.5) is 5.69 Å². The summed E-state index contributed by atoms with van der Waals surface area (Å²) in [6.07, 6.45) is 1.57. The molecule has 0 bridgehead atoms. The van der Waals surface area contributed by atoms with Gasteiger partial charge >= 0.3 is 0 Å². The summed E-state index contributed by atoms with van der Waals surface area (Å²) in [5.74, 6) is -1.36. The highest BCUT2D eigenvalue weighted by molar-refractivity contribution is 6.04. The molecule has 10 heteroatoms. The van der Waals surface area contributed by atoms with Crippen LogP contribution in [-0.2, 0) is 24.0 Å². The Morgan fingerprint density at radius 3 is 2.35 bits per heavy atom. The van der Waals surface area contributed by atoms with E-state index in [1.165, 1.54) is 0 Å². The largest absolute Gasteiger partial charge is 0.387 e. The summed E-state index contributed by atoms with van der Waals surface area (Å²) < 4.78 is 0. The zero-order chi connectivity index (χ0) is 30.0. The standard InChI is InChI=1S/C33H33N5O5/c34-31(41)28-19-33(20-38(28)30(40)17-25(21-8-3-1-4-9-21)22-10-5-2-6-11-22)18-27(37-43-33)23-12-7-13-24(16-23)35-32(42)26-14-15-29(39)36-26/h1-13,16,25-26,28H,14-15,17-20H2,(H2,34,41)(H,35,42)(H,36,39)/t26-,28-,33?/m1/s1. The number of oxime groups is 1. The Kier molecular flexibility index (Phi) is 7.67. The van der Waals surface area contributed by atoms with Crippen molar-refractivity contribution in [2.45, 2.75) is 55.7 Å². The molecule has 3 aromatic carbocycles. The number of nitrogens with one attached hydrogen (secondary N) is 2. The molecule has 3 aliphatic heterocycles. The molecule has 3 heterocycles. The average Bonchev–Trinajstić information content (AvgIpc) is 3.76. The number of nitrogens with zero attached hydrogens (tertiary/aromatic N) is 2. The number of carbonyl (C=O) groups excluding carboxylic acids is 4. The molecular formula is C33H33N5O5. The molecule has 10 nitrogen and oxygen atoms in total. The minimum absolute atomic E-state index is 0.134. The second-order valence-corrected chi connectivity index (χ2v) is 11.4. The van der Waals surface area contributed by atoms with Gasteiger partial charge in [-0.3, -0.25) is 19.2 Å². The molecule has 3 aromatic rings. The fraction of sp³-hybridized carbons (Fsp3) is 0.303. The Morgan fingerprint density at radius 2 is 1.72 bits per heavy atom. The quantitative estimate of drug-likeness (QED) is 0.376. The number of anilines is 1. The van der Waals surface area contributed by atoms with Gasteiger partial charge in [-0.25, -0.2) is 0 Å². The third-order valence-corrected chi connectivity index (χ3v) is 8.45. The lowest BCUT2D eigenvalue weighted by Gasteiger charge is -2.26.